The molecule has 1 aliphatic rings. The highest BCUT2D eigenvalue weighted by atomic mass is 17.2. The lowest BCUT2D eigenvalue weighted by atomic mass is 10.1. The van der Waals surface area contributed by atoms with Crippen molar-refractivity contribution in [2.75, 3.05) is 6.61 Å². The monoisotopic (exact) mass is 602 g/mol. The molecule has 0 amide bonds. The topological polar surface area (TPSA) is 266 Å². The van der Waals surface area contributed by atoms with Crippen molar-refractivity contribution in [2.45, 2.75) is 24.6 Å². The highest BCUT2D eigenvalue weighted by Crippen LogP contribution is 2.39. The van der Waals surface area contributed by atoms with Gasteiger partial charge in [0.25, 0.3) is 5.75 Å². The normalized spacial score (nSPS) is 20.1. The van der Waals surface area contributed by atoms with E-state index in [1.807, 2.05) is 0 Å². The zero-order valence-electron chi connectivity index (χ0n) is 21.4. The van der Waals surface area contributed by atoms with Crippen LogP contribution in [-0.4, -0.2) is 83.1 Å². The van der Waals surface area contributed by atoms with E-state index in [0.717, 1.165) is 36.4 Å². The maximum Gasteiger partial charge on any atom is 0.338 e. The fraction of sp³-hybridized carbons (Fsp3) is 0.185. The van der Waals surface area contributed by atoms with Crippen molar-refractivity contribution in [1.29, 1.82) is 0 Å². The summed E-state index contributed by atoms with van der Waals surface area (Å²) in [5.74, 6) is -7.40. The first kappa shape index (κ1) is 29.1. The molecule has 4 atom stereocenters. The lowest BCUT2D eigenvalue weighted by Gasteiger charge is -2.36. The Bertz CT molecular complexity index is 1760. The second-order valence-corrected chi connectivity index (χ2v) is 9.30. The van der Waals surface area contributed by atoms with Gasteiger partial charge >= 0.3 is 5.97 Å². The predicted octanol–water partition coefficient (Wildman–Crippen LogP) is 1.01. The van der Waals surface area contributed by atoms with E-state index in [1.54, 1.807) is 0 Å². The maximum atomic E-state index is 13.4. The largest absolute Gasteiger partial charge is 0.508 e. The molecule has 226 valence electrons. The molecule has 4 aromatic rings. The molecule has 43 heavy (non-hydrogen) atoms. The van der Waals surface area contributed by atoms with Crippen molar-refractivity contribution < 1.29 is 74.4 Å². The maximum absolute atomic E-state index is 13.4. The van der Waals surface area contributed by atoms with Crippen molar-refractivity contribution in [3.8, 4) is 57.3 Å². The first-order valence-corrected chi connectivity index (χ1v) is 12.2. The summed E-state index contributed by atoms with van der Waals surface area (Å²) >= 11 is 0. The summed E-state index contributed by atoms with van der Waals surface area (Å²) in [5.41, 5.74) is -1.90. The molecule has 1 fully saturated rings. The van der Waals surface area contributed by atoms with Gasteiger partial charge in [-0.05, 0) is 30.3 Å². The molecule has 5 rings (SSSR count). The number of phenolic OH excluding ortho intramolecular Hbond substituents is 7. The van der Waals surface area contributed by atoms with Crippen LogP contribution in [0.4, 0.5) is 0 Å². The summed E-state index contributed by atoms with van der Waals surface area (Å²) in [6.45, 7) is -0.560. The Labute approximate surface area is 238 Å². The quantitative estimate of drug-likeness (QED) is 0.0645. The summed E-state index contributed by atoms with van der Waals surface area (Å²) in [6.07, 6.45) is -7.14. The van der Waals surface area contributed by atoms with Gasteiger partial charge in [-0.15, -0.1) is 0 Å². The number of carbonyl (C=O) groups excluding carboxylic acids is 1. The second kappa shape index (κ2) is 11.1. The number of hydrogen-bond donors (Lipinski definition) is 9. The number of phenols is 7. The van der Waals surface area contributed by atoms with Gasteiger partial charge < -0.3 is 64.7 Å². The standard InChI is InChI=1S/C27H22O16/c28-11-6-14(31)19-18(7-11)40-23(9-1-2-12(29)13(30)3-9)24(22(19)37)42-43-27-25(21(36)17(34)8-39-27)41-26(38)10-4-15(32)20(35)16(33)5-10/h1-7,17,21,25,27-36H,8H2/t17-,21-,25+,27-/m0/s1. The number of hydrogen-bond acceptors (Lipinski definition) is 16. The summed E-state index contributed by atoms with van der Waals surface area (Å²) in [7, 11) is 0. The number of aliphatic hydroxyl groups excluding tert-OH is 2. The Morgan fingerprint density at radius 3 is 2.21 bits per heavy atom. The van der Waals surface area contributed by atoms with Crippen LogP contribution in [0.1, 0.15) is 10.4 Å². The summed E-state index contributed by atoms with van der Waals surface area (Å²) < 4.78 is 16.1. The van der Waals surface area contributed by atoms with Crippen molar-refractivity contribution in [3.05, 3.63) is 58.3 Å². The number of benzene rings is 3. The minimum atomic E-state index is -1.85. The molecule has 1 saturated heterocycles. The van der Waals surface area contributed by atoms with Gasteiger partial charge in [0.15, 0.2) is 40.6 Å². The lowest BCUT2D eigenvalue weighted by molar-refractivity contribution is -0.370. The number of ether oxygens (including phenoxy) is 2. The summed E-state index contributed by atoms with van der Waals surface area (Å²) in [6, 6.07) is 6.65. The number of carbonyl (C=O) groups is 1. The van der Waals surface area contributed by atoms with Crippen LogP contribution < -0.4 is 10.3 Å². The average Bonchev–Trinajstić information content (AvgIpc) is 2.95. The van der Waals surface area contributed by atoms with Crippen LogP contribution in [0.2, 0.25) is 0 Å². The smallest absolute Gasteiger partial charge is 0.338 e. The SMILES string of the molecule is O=C(O[C@H]1[C@H](OOc2c(-c3ccc(O)c(O)c3)oc3cc(O)cc(O)c3c2=O)OC[C@H](O)[C@@H]1O)c1cc(O)c(O)c(O)c1. The van der Waals surface area contributed by atoms with E-state index in [1.165, 1.54) is 6.07 Å². The van der Waals surface area contributed by atoms with Gasteiger partial charge in [0.05, 0.1) is 12.2 Å². The third-order valence-corrected chi connectivity index (χ3v) is 6.36. The van der Waals surface area contributed by atoms with E-state index in [2.05, 4.69) is 0 Å². The Kier molecular flexibility index (Phi) is 7.51. The number of esters is 1. The average molecular weight is 602 g/mol. The molecule has 9 N–H and O–H groups in total. The van der Waals surface area contributed by atoms with Gasteiger partial charge in [-0.1, -0.05) is 0 Å². The third kappa shape index (κ3) is 5.45. The van der Waals surface area contributed by atoms with Crippen LogP contribution in [0.15, 0.2) is 51.7 Å². The Hall–Kier alpha value is -5.42. The molecule has 3 aromatic carbocycles. The van der Waals surface area contributed by atoms with Gasteiger partial charge in [0, 0.05) is 17.7 Å². The molecule has 2 heterocycles. The minimum absolute atomic E-state index is 0.0503. The molecule has 16 heteroatoms. The Balaban J connectivity index is 1.51. The van der Waals surface area contributed by atoms with E-state index >= 15 is 0 Å². The molecule has 0 unspecified atom stereocenters. The zero-order valence-corrected chi connectivity index (χ0v) is 21.4. The molecular formula is C27H22O16. The fourth-order valence-electron chi connectivity index (χ4n) is 4.18. The van der Waals surface area contributed by atoms with Gasteiger partial charge in [-0.25, -0.2) is 4.79 Å². The number of rotatable bonds is 6. The van der Waals surface area contributed by atoms with E-state index in [4.69, 9.17) is 23.7 Å². The van der Waals surface area contributed by atoms with E-state index < -0.39 is 105 Å². The van der Waals surface area contributed by atoms with E-state index in [9.17, 15) is 55.5 Å². The van der Waals surface area contributed by atoms with Gasteiger partial charge in [-0.2, -0.15) is 4.89 Å². The van der Waals surface area contributed by atoms with Crippen molar-refractivity contribution in [1.82, 2.24) is 0 Å². The molecule has 0 radical (unpaired) electrons. The highest BCUT2D eigenvalue weighted by Gasteiger charge is 2.44. The van der Waals surface area contributed by atoms with Crippen LogP contribution in [0.5, 0.6) is 46.0 Å². The van der Waals surface area contributed by atoms with Crippen LogP contribution in [0.3, 0.4) is 0 Å². The van der Waals surface area contributed by atoms with E-state index in [0.29, 0.717) is 0 Å². The van der Waals surface area contributed by atoms with E-state index in [-0.39, 0.29) is 11.1 Å². The Morgan fingerprint density at radius 2 is 1.53 bits per heavy atom. The van der Waals surface area contributed by atoms with Gasteiger partial charge in [0.1, 0.15) is 34.7 Å². The van der Waals surface area contributed by atoms with Crippen LogP contribution >= 0.6 is 0 Å². The first-order chi connectivity index (χ1) is 20.3. The zero-order chi connectivity index (χ0) is 31.2. The van der Waals surface area contributed by atoms with Crippen LogP contribution in [0, 0.1) is 0 Å². The summed E-state index contributed by atoms with van der Waals surface area (Å²) in [4.78, 5) is 36.6. The minimum Gasteiger partial charge on any atom is -0.508 e. The van der Waals surface area contributed by atoms with Crippen molar-refractivity contribution in [3.63, 3.8) is 0 Å². The lowest BCUT2D eigenvalue weighted by Crippen LogP contribution is -2.55. The molecule has 0 saturated carbocycles. The molecular weight excluding hydrogens is 580 g/mol. The van der Waals surface area contributed by atoms with Crippen molar-refractivity contribution in [2.24, 2.45) is 0 Å². The van der Waals surface area contributed by atoms with Crippen molar-refractivity contribution >= 4 is 16.9 Å². The molecule has 0 bridgehead atoms. The molecule has 0 aliphatic carbocycles. The molecule has 16 nitrogen and oxygen atoms in total. The van der Waals surface area contributed by atoms with Crippen LogP contribution in [-0.2, 0) is 14.4 Å². The molecule has 1 aliphatic heterocycles. The number of aliphatic hydroxyl groups is 2. The number of fused-ring (bicyclic) bond motifs is 1. The molecule has 1 aromatic heterocycles. The Morgan fingerprint density at radius 1 is 0.837 bits per heavy atom. The van der Waals surface area contributed by atoms with Gasteiger partial charge in [0.2, 0.25) is 11.7 Å². The van der Waals surface area contributed by atoms with Crippen LogP contribution in [0.25, 0.3) is 22.3 Å². The molecule has 0 spiro atoms. The third-order valence-electron chi connectivity index (χ3n) is 6.36. The summed E-state index contributed by atoms with van der Waals surface area (Å²) in [5, 5.41) is 88.9. The number of aromatic hydroxyl groups is 7. The van der Waals surface area contributed by atoms with Gasteiger partial charge in [-0.3, -0.25) is 4.79 Å². The first-order valence-electron chi connectivity index (χ1n) is 12.2. The second-order valence-electron chi connectivity index (χ2n) is 9.30. The highest BCUT2D eigenvalue weighted by molar-refractivity contribution is 5.91. The predicted molar refractivity (Wildman–Crippen MR) is 139 cm³/mol. The fourth-order valence-corrected chi connectivity index (χ4v) is 4.18.